The second kappa shape index (κ2) is 8.31. The standard InChI is InChI=1S/C19H16F2N2O4/c20-14-3-4-17(16(21)10-14)23(11-15-2-1-8-27-15)18(24)5-7-22-19(25)13-6-9-26-12-13/h1-4,6,8-10,12H,5,7,11H2,(H,22,25). The van der Waals surface area contributed by atoms with E-state index >= 15 is 0 Å². The Morgan fingerprint density at radius 3 is 2.63 bits per heavy atom. The molecule has 0 atom stereocenters. The Bertz CT molecular complexity index is 908. The maximum Gasteiger partial charge on any atom is 0.254 e. The number of carbonyl (C=O) groups excluding carboxylic acids is 2. The third kappa shape index (κ3) is 4.60. The lowest BCUT2D eigenvalue weighted by Gasteiger charge is -2.22. The van der Waals surface area contributed by atoms with Crippen LogP contribution >= 0.6 is 0 Å². The smallest absolute Gasteiger partial charge is 0.254 e. The molecule has 0 saturated carbocycles. The van der Waals surface area contributed by atoms with Gasteiger partial charge in [0.25, 0.3) is 5.91 Å². The topological polar surface area (TPSA) is 75.7 Å². The van der Waals surface area contributed by atoms with Crippen LogP contribution in [0.3, 0.4) is 0 Å². The Hall–Kier alpha value is -3.42. The summed E-state index contributed by atoms with van der Waals surface area (Å²) in [6.45, 7) is 0.0182. The zero-order valence-corrected chi connectivity index (χ0v) is 14.2. The summed E-state index contributed by atoms with van der Waals surface area (Å²) < 4.78 is 37.4. The van der Waals surface area contributed by atoms with Crippen LogP contribution < -0.4 is 10.2 Å². The van der Waals surface area contributed by atoms with Crippen molar-refractivity contribution in [1.29, 1.82) is 0 Å². The van der Waals surface area contributed by atoms with E-state index in [9.17, 15) is 18.4 Å². The number of nitrogens with one attached hydrogen (secondary N) is 1. The summed E-state index contributed by atoms with van der Waals surface area (Å²) in [5.74, 6) is -2.01. The van der Waals surface area contributed by atoms with Gasteiger partial charge >= 0.3 is 0 Å². The molecule has 0 radical (unpaired) electrons. The molecular weight excluding hydrogens is 358 g/mol. The summed E-state index contributed by atoms with van der Waals surface area (Å²) in [4.78, 5) is 25.6. The molecule has 0 bridgehead atoms. The molecule has 0 fully saturated rings. The molecule has 2 heterocycles. The molecule has 3 rings (SSSR count). The molecule has 0 saturated heterocycles. The van der Waals surface area contributed by atoms with Crippen molar-refractivity contribution in [2.75, 3.05) is 11.4 Å². The van der Waals surface area contributed by atoms with Gasteiger partial charge in [0.2, 0.25) is 5.91 Å². The van der Waals surface area contributed by atoms with E-state index in [-0.39, 0.29) is 31.1 Å². The number of hydrogen-bond donors (Lipinski definition) is 1. The molecule has 2 amide bonds. The molecule has 0 aliphatic rings. The first-order chi connectivity index (χ1) is 13.0. The molecule has 0 unspecified atom stereocenters. The van der Waals surface area contributed by atoms with Crippen LogP contribution in [0.25, 0.3) is 0 Å². The maximum absolute atomic E-state index is 14.2. The van der Waals surface area contributed by atoms with Gasteiger partial charge in [0, 0.05) is 19.0 Å². The highest BCUT2D eigenvalue weighted by molar-refractivity contribution is 5.95. The van der Waals surface area contributed by atoms with Gasteiger partial charge in [0.15, 0.2) is 0 Å². The third-order valence-corrected chi connectivity index (χ3v) is 3.80. The van der Waals surface area contributed by atoms with Crippen molar-refractivity contribution >= 4 is 17.5 Å². The molecule has 0 spiro atoms. The fourth-order valence-corrected chi connectivity index (χ4v) is 2.48. The van der Waals surface area contributed by atoms with Crippen molar-refractivity contribution in [2.45, 2.75) is 13.0 Å². The quantitative estimate of drug-likeness (QED) is 0.687. The maximum atomic E-state index is 14.2. The second-order valence-corrected chi connectivity index (χ2v) is 5.67. The number of halogens is 2. The average Bonchev–Trinajstić information content (AvgIpc) is 3.34. The normalized spacial score (nSPS) is 10.6. The van der Waals surface area contributed by atoms with Gasteiger partial charge in [-0.05, 0) is 30.3 Å². The SMILES string of the molecule is O=C(NCCC(=O)N(Cc1ccco1)c1ccc(F)cc1F)c1ccoc1. The molecule has 3 aromatic rings. The van der Waals surface area contributed by atoms with E-state index in [1.807, 2.05) is 0 Å². The van der Waals surface area contributed by atoms with E-state index in [0.717, 1.165) is 11.0 Å². The minimum absolute atomic E-state index is 0.0237. The van der Waals surface area contributed by atoms with Crippen LogP contribution in [0.5, 0.6) is 0 Å². The molecule has 0 aliphatic carbocycles. The summed E-state index contributed by atoms with van der Waals surface area (Å²) in [6.07, 6.45) is 4.00. The van der Waals surface area contributed by atoms with E-state index in [2.05, 4.69) is 5.32 Å². The largest absolute Gasteiger partial charge is 0.472 e. The Morgan fingerprint density at radius 2 is 1.96 bits per heavy atom. The lowest BCUT2D eigenvalue weighted by molar-refractivity contribution is -0.118. The predicted molar refractivity (Wildman–Crippen MR) is 91.9 cm³/mol. The van der Waals surface area contributed by atoms with Crippen molar-refractivity contribution < 1.29 is 27.2 Å². The summed E-state index contributed by atoms with van der Waals surface area (Å²) in [5.41, 5.74) is 0.262. The number of amides is 2. The number of carbonyl (C=O) groups is 2. The molecule has 8 heteroatoms. The van der Waals surface area contributed by atoms with E-state index in [1.54, 1.807) is 12.1 Å². The number of hydrogen-bond acceptors (Lipinski definition) is 4. The fraction of sp³-hybridized carbons (Fsp3) is 0.158. The van der Waals surface area contributed by atoms with Crippen LogP contribution in [0.15, 0.2) is 64.0 Å². The molecule has 1 N–H and O–H groups in total. The van der Waals surface area contributed by atoms with Gasteiger partial charge in [-0.15, -0.1) is 0 Å². The molecule has 140 valence electrons. The number of rotatable bonds is 7. The lowest BCUT2D eigenvalue weighted by Crippen LogP contribution is -2.34. The van der Waals surface area contributed by atoms with Crippen LogP contribution in [0, 0.1) is 11.6 Å². The first-order valence-corrected chi connectivity index (χ1v) is 8.13. The highest BCUT2D eigenvalue weighted by Gasteiger charge is 2.21. The lowest BCUT2D eigenvalue weighted by atomic mass is 10.2. The van der Waals surface area contributed by atoms with Crippen molar-refractivity contribution in [1.82, 2.24) is 5.32 Å². The van der Waals surface area contributed by atoms with Crippen LogP contribution in [0.1, 0.15) is 22.5 Å². The number of furan rings is 2. The van der Waals surface area contributed by atoms with Crippen LogP contribution in [0.2, 0.25) is 0 Å². The fourth-order valence-electron chi connectivity index (χ4n) is 2.48. The molecule has 6 nitrogen and oxygen atoms in total. The Balaban J connectivity index is 1.69. The number of nitrogens with zero attached hydrogens (tertiary/aromatic N) is 1. The summed E-state index contributed by atoms with van der Waals surface area (Å²) in [7, 11) is 0. The summed E-state index contributed by atoms with van der Waals surface area (Å²) >= 11 is 0. The second-order valence-electron chi connectivity index (χ2n) is 5.67. The molecular formula is C19H16F2N2O4. The van der Waals surface area contributed by atoms with Crippen molar-refractivity contribution in [3.05, 3.63) is 78.1 Å². The Morgan fingerprint density at radius 1 is 1.11 bits per heavy atom. The van der Waals surface area contributed by atoms with Crippen molar-refractivity contribution in [3.63, 3.8) is 0 Å². The minimum Gasteiger partial charge on any atom is -0.472 e. The summed E-state index contributed by atoms with van der Waals surface area (Å²) in [6, 6.07) is 7.75. The predicted octanol–water partition coefficient (Wildman–Crippen LogP) is 3.50. The molecule has 0 aliphatic heterocycles. The van der Waals surface area contributed by atoms with Gasteiger partial charge < -0.3 is 19.1 Å². The monoisotopic (exact) mass is 374 g/mol. The van der Waals surface area contributed by atoms with Crippen molar-refractivity contribution in [3.8, 4) is 0 Å². The van der Waals surface area contributed by atoms with Gasteiger partial charge in [-0.1, -0.05) is 0 Å². The van der Waals surface area contributed by atoms with Gasteiger partial charge in [-0.2, -0.15) is 0 Å². The van der Waals surface area contributed by atoms with Gasteiger partial charge in [0.05, 0.1) is 30.3 Å². The van der Waals surface area contributed by atoms with E-state index < -0.39 is 17.5 Å². The molecule has 1 aromatic carbocycles. The van der Waals surface area contributed by atoms with E-state index in [0.29, 0.717) is 17.4 Å². The number of benzene rings is 1. The Kier molecular flexibility index (Phi) is 5.65. The zero-order valence-electron chi connectivity index (χ0n) is 14.2. The van der Waals surface area contributed by atoms with Gasteiger partial charge in [-0.3, -0.25) is 9.59 Å². The van der Waals surface area contributed by atoms with Gasteiger partial charge in [0.1, 0.15) is 23.7 Å². The highest BCUT2D eigenvalue weighted by Crippen LogP contribution is 2.23. The van der Waals surface area contributed by atoms with E-state index in [4.69, 9.17) is 8.83 Å². The molecule has 27 heavy (non-hydrogen) atoms. The Labute approximate surface area is 153 Å². The third-order valence-electron chi connectivity index (χ3n) is 3.80. The zero-order chi connectivity index (χ0) is 19.2. The molecule has 2 aromatic heterocycles. The summed E-state index contributed by atoms with van der Waals surface area (Å²) in [5, 5.41) is 2.58. The van der Waals surface area contributed by atoms with Crippen molar-refractivity contribution in [2.24, 2.45) is 0 Å². The van der Waals surface area contributed by atoms with Crippen LogP contribution in [-0.4, -0.2) is 18.4 Å². The number of anilines is 1. The highest BCUT2D eigenvalue weighted by atomic mass is 19.1. The average molecular weight is 374 g/mol. The van der Waals surface area contributed by atoms with Gasteiger partial charge in [-0.25, -0.2) is 8.78 Å². The first kappa shape index (κ1) is 18.4. The van der Waals surface area contributed by atoms with Crippen LogP contribution in [-0.2, 0) is 11.3 Å². The van der Waals surface area contributed by atoms with Crippen LogP contribution in [0.4, 0.5) is 14.5 Å². The first-order valence-electron chi connectivity index (χ1n) is 8.13. The minimum atomic E-state index is -0.864. The van der Waals surface area contributed by atoms with E-state index in [1.165, 1.54) is 30.9 Å².